The van der Waals surface area contributed by atoms with Crippen molar-refractivity contribution in [3.8, 4) is 11.5 Å². The molecule has 19 heavy (non-hydrogen) atoms. The van der Waals surface area contributed by atoms with Gasteiger partial charge in [-0.3, -0.25) is 0 Å². The van der Waals surface area contributed by atoms with Crippen molar-refractivity contribution in [1.29, 1.82) is 0 Å². The van der Waals surface area contributed by atoms with Crippen molar-refractivity contribution < 1.29 is 15.1 Å². The van der Waals surface area contributed by atoms with Crippen molar-refractivity contribution in [3.63, 3.8) is 0 Å². The van der Waals surface area contributed by atoms with Gasteiger partial charge in [0.25, 0.3) is 0 Å². The molecular weight excluding hydrogens is 242 g/mol. The molecule has 1 heterocycles. The molecular formula is C15H21NO3. The van der Waals surface area contributed by atoms with Gasteiger partial charge in [0.2, 0.25) is 0 Å². The SMILES string of the molecule is Cc1c(C)c2c(c(C)c1O)C(NO)CC1(CCC1)O2. The first-order chi connectivity index (χ1) is 8.99. The molecule has 0 radical (unpaired) electrons. The normalized spacial score (nSPS) is 23.7. The molecule has 1 spiro atoms. The van der Waals surface area contributed by atoms with E-state index in [-0.39, 0.29) is 11.6 Å². The third-order valence-corrected chi connectivity index (χ3v) is 4.93. The van der Waals surface area contributed by atoms with Crippen LogP contribution in [0.1, 0.15) is 54.0 Å². The van der Waals surface area contributed by atoms with Gasteiger partial charge in [0.1, 0.15) is 17.1 Å². The van der Waals surface area contributed by atoms with E-state index in [1.807, 2.05) is 20.8 Å². The maximum absolute atomic E-state index is 10.2. The summed E-state index contributed by atoms with van der Waals surface area (Å²) in [7, 11) is 0. The number of aromatic hydroxyl groups is 1. The first-order valence-corrected chi connectivity index (χ1v) is 6.90. The minimum atomic E-state index is -0.158. The molecule has 1 fully saturated rings. The van der Waals surface area contributed by atoms with E-state index in [2.05, 4.69) is 5.48 Å². The number of benzene rings is 1. The largest absolute Gasteiger partial charge is 0.507 e. The van der Waals surface area contributed by atoms with Gasteiger partial charge in [-0.05, 0) is 56.7 Å². The highest BCUT2D eigenvalue weighted by Crippen LogP contribution is 2.52. The summed E-state index contributed by atoms with van der Waals surface area (Å²) < 4.78 is 6.27. The average Bonchev–Trinajstić information content (AvgIpc) is 2.39. The van der Waals surface area contributed by atoms with Crippen molar-refractivity contribution in [3.05, 3.63) is 22.3 Å². The number of hydrogen-bond acceptors (Lipinski definition) is 4. The molecule has 3 rings (SSSR count). The lowest BCUT2D eigenvalue weighted by Gasteiger charge is -2.48. The summed E-state index contributed by atoms with van der Waals surface area (Å²) in [6.07, 6.45) is 4.04. The molecule has 4 nitrogen and oxygen atoms in total. The molecule has 0 saturated heterocycles. The zero-order valence-corrected chi connectivity index (χ0v) is 11.7. The highest BCUT2D eigenvalue weighted by molar-refractivity contribution is 5.59. The van der Waals surface area contributed by atoms with Crippen molar-refractivity contribution in [1.82, 2.24) is 5.48 Å². The zero-order valence-electron chi connectivity index (χ0n) is 11.7. The fourth-order valence-corrected chi connectivity index (χ4v) is 3.40. The van der Waals surface area contributed by atoms with Crippen LogP contribution in [0.3, 0.4) is 0 Å². The molecule has 1 unspecified atom stereocenters. The lowest BCUT2D eigenvalue weighted by Crippen LogP contribution is -2.49. The van der Waals surface area contributed by atoms with Crippen LogP contribution in [0, 0.1) is 20.8 Å². The van der Waals surface area contributed by atoms with Gasteiger partial charge in [-0.15, -0.1) is 0 Å². The number of hydroxylamine groups is 1. The van der Waals surface area contributed by atoms with Gasteiger partial charge in [0, 0.05) is 12.0 Å². The first-order valence-electron chi connectivity index (χ1n) is 6.90. The van der Waals surface area contributed by atoms with Crippen LogP contribution in [0.2, 0.25) is 0 Å². The molecule has 4 heteroatoms. The van der Waals surface area contributed by atoms with Crippen LogP contribution in [0.4, 0.5) is 0 Å². The van der Waals surface area contributed by atoms with E-state index >= 15 is 0 Å². The van der Waals surface area contributed by atoms with E-state index in [1.54, 1.807) is 0 Å². The minimum absolute atomic E-state index is 0.117. The van der Waals surface area contributed by atoms with Crippen molar-refractivity contribution in [2.24, 2.45) is 0 Å². The number of nitrogens with one attached hydrogen (secondary N) is 1. The lowest BCUT2D eigenvalue weighted by molar-refractivity contribution is -0.0536. The Hall–Kier alpha value is -1.26. The Kier molecular flexibility index (Phi) is 2.76. The summed E-state index contributed by atoms with van der Waals surface area (Å²) in [5.74, 6) is 1.16. The Labute approximate surface area is 113 Å². The molecule has 0 amide bonds. The maximum Gasteiger partial charge on any atom is 0.128 e. The van der Waals surface area contributed by atoms with Gasteiger partial charge in [-0.1, -0.05) is 0 Å². The van der Waals surface area contributed by atoms with E-state index in [9.17, 15) is 10.3 Å². The van der Waals surface area contributed by atoms with E-state index in [4.69, 9.17) is 4.74 Å². The molecule has 3 N–H and O–H groups in total. The summed E-state index contributed by atoms with van der Waals surface area (Å²) in [5.41, 5.74) is 5.84. The Morgan fingerprint density at radius 2 is 1.84 bits per heavy atom. The summed E-state index contributed by atoms with van der Waals surface area (Å²) in [5, 5.41) is 19.7. The third-order valence-electron chi connectivity index (χ3n) is 4.93. The number of hydrogen-bond donors (Lipinski definition) is 3. The monoisotopic (exact) mass is 263 g/mol. The second kappa shape index (κ2) is 4.12. The fourth-order valence-electron chi connectivity index (χ4n) is 3.40. The Bertz CT molecular complexity index is 535. The Morgan fingerprint density at radius 1 is 1.16 bits per heavy atom. The summed E-state index contributed by atoms with van der Waals surface area (Å²) >= 11 is 0. The number of phenolic OH excluding ortho intramolecular Hbond substituents is 1. The molecule has 1 atom stereocenters. The van der Waals surface area contributed by atoms with Gasteiger partial charge in [0.15, 0.2) is 0 Å². The summed E-state index contributed by atoms with van der Waals surface area (Å²) in [4.78, 5) is 0. The summed E-state index contributed by atoms with van der Waals surface area (Å²) in [6.45, 7) is 5.76. The lowest BCUT2D eigenvalue weighted by atomic mass is 9.72. The number of ether oxygens (including phenoxy) is 1. The second-order valence-electron chi connectivity index (χ2n) is 5.99. The average molecular weight is 263 g/mol. The van der Waals surface area contributed by atoms with Gasteiger partial charge in [0.05, 0.1) is 6.04 Å². The smallest absolute Gasteiger partial charge is 0.128 e. The first kappa shape index (κ1) is 12.8. The molecule has 0 bridgehead atoms. The van der Waals surface area contributed by atoms with E-state index in [0.29, 0.717) is 5.75 Å². The van der Waals surface area contributed by atoms with Crippen LogP contribution in [0.25, 0.3) is 0 Å². The highest BCUT2D eigenvalue weighted by Gasteiger charge is 2.47. The predicted octanol–water partition coefficient (Wildman–Crippen LogP) is 3.04. The van der Waals surface area contributed by atoms with Crippen molar-refractivity contribution >= 4 is 0 Å². The van der Waals surface area contributed by atoms with E-state index in [1.165, 1.54) is 6.42 Å². The molecule has 1 aromatic carbocycles. The molecule has 1 saturated carbocycles. The van der Waals surface area contributed by atoms with Crippen molar-refractivity contribution in [2.75, 3.05) is 0 Å². The van der Waals surface area contributed by atoms with E-state index < -0.39 is 0 Å². The highest BCUT2D eigenvalue weighted by atomic mass is 16.5. The standard InChI is InChI=1S/C15H21NO3/c1-8-9(2)14-12(10(3)13(8)17)11(16-18)7-15(19-14)5-4-6-15/h11,16-18H,4-7H2,1-3H3. The number of rotatable bonds is 1. The molecule has 0 aromatic heterocycles. The van der Waals surface area contributed by atoms with Crippen LogP contribution in [-0.4, -0.2) is 15.9 Å². The van der Waals surface area contributed by atoms with Gasteiger partial charge >= 0.3 is 0 Å². The van der Waals surface area contributed by atoms with Gasteiger partial charge in [-0.2, -0.15) is 5.48 Å². The molecule has 1 aliphatic carbocycles. The van der Waals surface area contributed by atoms with Crippen LogP contribution < -0.4 is 10.2 Å². The zero-order chi connectivity index (χ0) is 13.8. The van der Waals surface area contributed by atoms with Gasteiger partial charge < -0.3 is 15.1 Å². The topological polar surface area (TPSA) is 61.7 Å². The third kappa shape index (κ3) is 1.66. The minimum Gasteiger partial charge on any atom is -0.507 e. The van der Waals surface area contributed by atoms with Crippen molar-refractivity contribution in [2.45, 2.75) is 58.1 Å². The van der Waals surface area contributed by atoms with Crippen LogP contribution in [-0.2, 0) is 0 Å². The van der Waals surface area contributed by atoms with Crippen LogP contribution in [0.5, 0.6) is 11.5 Å². The maximum atomic E-state index is 10.2. The van der Waals surface area contributed by atoms with E-state index in [0.717, 1.165) is 47.3 Å². The van der Waals surface area contributed by atoms with Crippen LogP contribution >= 0.6 is 0 Å². The second-order valence-corrected chi connectivity index (χ2v) is 5.99. The Balaban J connectivity index is 2.19. The molecule has 2 aliphatic rings. The summed E-state index contributed by atoms with van der Waals surface area (Å²) in [6, 6.07) is -0.158. The quantitative estimate of drug-likeness (QED) is 0.681. The predicted molar refractivity (Wildman–Crippen MR) is 71.8 cm³/mol. The van der Waals surface area contributed by atoms with Gasteiger partial charge in [-0.25, -0.2) is 0 Å². The molecule has 104 valence electrons. The molecule has 1 aliphatic heterocycles. The number of fused-ring (bicyclic) bond motifs is 1. The fraction of sp³-hybridized carbons (Fsp3) is 0.600. The Morgan fingerprint density at radius 3 is 2.37 bits per heavy atom. The number of phenols is 1. The van der Waals surface area contributed by atoms with Crippen LogP contribution in [0.15, 0.2) is 0 Å². The molecule has 1 aromatic rings.